The molecule has 1 aliphatic heterocycles. The highest BCUT2D eigenvalue weighted by Crippen LogP contribution is 2.16. The van der Waals surface area contributed by atoms with Gasteiger partial charge in [-0.1, -0.05) is 0 Å². The molecule has 1 N–H and O–H groups in total. The monoisotopic (exact) mass is 289 g/mol. The summed E-state index contributed by atoms with van der Waals surface area (Å²) in [5.74, 6) is 1.79. The average Bonchev–Trinajstić information content (AvgIpc) is 2.87. The molecule has 0 amide bonds. The van der Waals surface area contributed by atoms with Crippen molar-refractivity contribution in [3.63, 3.8) is 0 Å². The first-order valence-electron chi connectivity index (χ1n) is 6.96. The summed E-state index contributed by atoms with van der Waals surface area (Å²) < 4.78 is 7.25. The zero-order valence-electron chi connectivity index (χ0n) is 12.5. The Morgan fingerprint density at radius 3 is 2.43 bits per heavy atom. The second-order valence-electron chi connectivity index (χ2n) is 4.89. The molecule has 3 heterocycles. The molecule has 0 spiro atoms. The summed E-state index contributed by atoms with van der Waals surface area (Å²) in [5.41, 5.74) is 1.99. The Kier molecular flexibility index (Phi) is 3.70. The Labute approximate surface area is 123 Å². The summed E-state index contributed by atoms with van der Waals surface area (Å²) in [6.07, 6.45) is 1.74. The van der Waals surface area contributed by atoms with Gasteiger partial charge in [0, 0.05) is 25.8 Å². The van der Waals surface area contributed by atoms with Gasteiger partial charge in [0.2, 0.25) is 17.8 Å². The topological polar surface area (TPSA) is 81.0 Å². The standard InChI is InChI=1S/C13H19N7O/c1-9-10(2)20(8-15-9)13-17-11(14-3)16-12(18-13)19-4-6-21-7-5-19/h8H,4-7H2,1-3H3,(H,14,16,17,18). The van der Waals surface area contributed by atoms with E-state index in [2.05, 4.69) is 30.2 Å². The van der Waals surface area contributed by atoms with Gasteiger partial charge in [0.1, 0.15) is 6.33 Å². The molecular formula is C13H19N7O. The average molecular weight is 289 g/mol. The van der Waals surface area contributed by atoms with Crippen molar-refractivity contribution in [2.45, 2.75) is 13.8 Å². The van der Waals surface area contributed by atoms with E-state index in [0.717, 1.165) is 24.5 Å². The molecule has 0 saturated carbocycles. The van der Waals surface area contributed by atoms with Crippen molar-refractivity contribution in [3.05, 3.63) is 17.7 Å². The van der Waals surface area contributed by atoms with Gasteiger partial charge in [-0.15, -0.1) is 0 Å². The van der Waals surface area contributed by atoms with Crippen molar-refractivity contribution in [2.24, 2.45) is 0 Å². The van der Waals surface area contributed by atoms with Crippen LogP contribution in [0.15, 0.2) is 6.33 Å². The summed E-state index contributed by atoms with van der Waals surface area (Å²) in [6, 6.07) is 0. The van der Waals surface area contributed by atoms with E-state index in [1.54, 1.807) is 13.4 Å². The van der Waals surface area contributed by atoms with E-state index in [1.807, 2.05) is 18.4 Å². The van der Waals surface area contributed by atoms with E-state index in [1.165, 1.54) is 0 Å². The minimum atomic E-state index is 0.548. The quantitative estimate of drug-likeness (QED) is 0.883. The number of rotatable bonds is 3. The lowest BCUT2D eigenvalue weighted by atomic mass is 10.4. The van der Waals surface area contributed by atoms with Gasteiger partial charge >= 0.3 is 0 Å². The molecule has 1 aliphatic rings. The highest BCUT2D eigenvalue weighted by molar-refractivity contribution is 5.40. The Bertz CT molecular complexity index is 633. The van der Waals surface area contributed by atoms with E-state index in [-0.39, 0.29) is 0 Å². The van der Waals surface area contributed by atoms with Gasteiger partial charge in [0.25, 0.3) is 0 Å². The SMILES string of the molecule is CNc1nc(N2CCOCC2)nc(-n2cnc(C)c2C)n1. The van der Waals surface area contributed by atoms with Crippen molar-refractivity contribution in [1.29, 1.82) is 0 Å². The first kappa shape index (κ1) is 13.7. The maximum absolute atomic E-state index is 5.37. The number of imidazole rings is 1. The smallest absolute Gasteiger partial charge is 0.241 e. The number of morpholine rings is 1. The van der Waals surface area contributed by atoms with Gasteiger partial charge < -0.3 is 15.0 Å². The van der Waals surface area contributed by atoms with E-state index in [4.69, 9.17) is 4.74 Å². The molecule has 3 rings (SSSR count). The largest absolute Gasteiger partial charge is 0.378 e. The molecule has 8 heteroatoms. The number of aryl methyl sites for hydroxylation is 1. The molecule has 8 nitrogen and oxygen atoms in total. The Morgan fingerprint density at radius 2 is 1.81 bits per heavy atom. The summed E-state index contributed by atoms with van der Waals surface area (Å²) in [5, 5.41) is 2.99. The van der Waals surface area contributed by atoms with Crippen LogP contribution in [0.25, 0.3) is 5.95 Å². The van der Waals surface area contributed by atoms with E-state index < -0.39 is 0 Å². The summed E-state index contributed by atoms with van der Waals surface area (Å²) in [6.45, 7) is 6.93. The predicted octanol–water partition coefficient (Wildman–Crippen LogP) is 0.552. The lowest BCUT2D eigenvalue weighted by Crippen LogP contribution is -2.37. The van der Waals surface area contributed by atoms with Gasteiger partial charge in [-0.05, 0) is 13.8 Å². The Balaban J connectivity index is 2.02. The third-order valence-corrected chi connectivity index (χ3v) is 3.60. The van der Waals surface area contributed by atoms with Crippen LogP contribution in [0.2, 0.25) is 0 Å². The van der Waals surface area contributed by atoms with Gasteiger partial charge in [-0.3, -0.25) is 4.57 Å². The number of hydrogen-bond donors (Lipinski definition) is 1. The third kappa shape index (κ3) is 2.66. The number of nitrogens with one attached hydrogen (secondary N) is 1. The third-order valence-electron chi connectivity index (χ3n) is 3.60. The van der Waals surface area contributed by atoms with Crippen molar-refractivity contribution < 1.29 is 4.74 Å². The van der Waals surface area contributed by atoms with Crippen LogP contribution in [-0.4, -0.2) is 57.9 Å². The van der Waals surface area contributed by atoms with E-state index in [0.29, 0.717) is 31.1 Å². The molecule has 112 valence electrons. The molecule has 0 radical (unpaired) electrons. The second kappa shape index (κ2) is 5.65. The normalized spacial score (nSPS) is 15.3. The number of ether oxygens (including phenoxy) is 1. The molecule has 0 aromatic carbocycles. The molecule has 1 fully saturated rings. The molecule has 21 heavy (non-hydrogen) atoms. The minimum absolute atomic E-state index is 0.548. The molecule has 0 bridgehead atoms. The van der Waals surface area contributed by atoms with Crippen LogP contribution in [-0.2, 0) is 4.74 Å². The summed E-state index contributed by atoms with van der Waals surface area (Å²) >= 11 is 0. The maximum Gasteiger partial charge on any atom is 0.241 e. The highest BCUT2D eigenvalue weighted by Gasteiger charge is 2.17. The summed E-state index contributed by atoms with van der Waals surface area (Å²) in [4.78, 5) is 19.8. The number of anilines is 2. The van der Waals surface area contributed by atoms with E-state index in [9.17, 15) is 0 Å². The van der Waals surface area contributed by atoms with Gasteiger partial charge in [-0.25, -0.2) is 4.98 Å². The number of nitrogens with zero attached hydrogens (tertiary/aromatic N) is 6. The van der Waals surface area contributed by atoms with Gasteiger partial charge in [-0.2, -0.15) is 15.0 Å². The second-order valence-corrected chi connectivity index (χ2v) is 4.89. The van der Waals surface area contributed by atoms with Gasteiger partial charge in [0.05, 0.1) is 18.9 Å². The van der Waals surface area contributed by atoms with Crippen molar-refractivity contribution in [3.8, 4) is 5.95 Å². The van der Waals surface area contributed by atoms with Crippen molar-refractivity contribution >= 4 is 11.9 Å². The lowest BCUT2D eigenvalue weighted by molar-refractivity contribution is 0.122. The fourth-order valence-corrected chi connectivity index (χ4v) is 2.18. The fraction of sp³-hybridized carbons (Fsp3) is 0.538. The molecule has 1 saturated heterocycles. The maximum atomic E-state index is 5.37. The lowest BCUT2D eigenvalue weighted by Gasteiger charge is -2.27. The molecule has 0 aliphatic carbocycles. The van der Waals surface area contributed by atoms with Crippen LogP contribution in [0.3, 0.4) is 0 Å². The Morgan fingerprint density at radius 1 is 1.10 bits per heavy atom. The van der Waals surface area contributed by atoms with Crippen LogP contribution in [0, 0.1) is 13.8 Å². The zero-order valence-corrected chi connectivity index (χ0v) is 12.5. The first-order valence-corrected chi connectivity index (χ1v) is 6.96. The van der Waals surface area contributed by atoms with E-state index >= 15 is 0 Å². The zero-order chi connectivity index (χ0) is 14.8. The molecule has 0 unspecified atom stereocenters. The predicted molar refractivity (Wildman–Crippen MR) is 79.0 cm³/mol. The molecule has 2 aromatic rings. The van der Waals surface area contributed by atoms with Gasteiger partial charge in [0.15, 0.2) is 0 Å². The first-order chi connectivity index (χ1) is 10.2. The minimum Gasteiger partial charge on any atom is -0.378 e. The van der Waals surface area contributed by atoms with Crippen LogP contribution in [0.5, 0.6) is 0 Å². The summed E-state index contributed by atoms with van der Waals surface area (Å²) in [7, 11) is 1.80. The van der Waals surface area contributed by atoms with Crippen LogP contribution >= 0.6 is 0 Å². The highest BCUT2D eigenvalue weighted by atomic mass is 16.5. The van der Waals surface area contributed by atoms with Crippen molar-refractivity contribution in [2.75, 3.05) is 43.6 Å². The molecular weight excluding hydrogens is 270 g/mol. The molecule has 2 aromatic heterocycles. The van der Waals surface area contributed by atoms with Crippen LogP contribution in [0.4, 0.5) is 11.9 Å². The fourth-order valence-electron chi connectivity index (χ4n) is 2.18. The number of aromatic nitrogens is 5. The van der Waals surface area contributed by atoms with Crippen LogP contribution in [0.1, 0.15) is 11.4 Å². The Hall–Kier alpha value is -2.22. The van der Waals surface area contributed by atoms with Crippen LogP contribution < -0.4 is 10.2 Å². The molecule has 0 atom stereocenters. The van der Waals surface area contributed by atoms with Crippen molar-refractivity contribution in [1.82, 2.24) is 24.5 Å². The number of hydrogen-bond acceptors (Lipinski definition) is 7.